The monoisotopic (exact) mass is 658 g/mol. The van der Waals surface area contributed by atoms with Gasteiger partial charge in [-0.2, -0.15) is 0 Å². The van der Waals surface area contributed by atoms with E-state index in [0.717, 1.165) is 11.4 Å². The summed E-state index contributed by atoms with van der Waals surface area (Å²) in [5, 5.41) is 2.56. The minimum Gasteiger partial charge on any atom is -0.382 e. The molecule has 0 fully saturated rings. The normalized spacial score (nSPS) is 14.0. The van der Waals surface area contributed by atoms with Gasteiger partial charge in [0.15, 0.2) is 0 Å². The van der Waals surface area contributed by atoms with E-state index in [1.807, 2.05) is 0 Å². The molecule has 0 radical (unpaired) electrons. The first-order valence-corrected chi connectivity index (χ1v) is 18.2. The molecule has 0 atom stereocenters. The highest BCUT2D eigenvalue weighted by atomic mass is 15.2. The van der Waals surface area contributed by atoms with Crippen molar-refractivity contribution < 1.29 is 0 Å². The summed E-state index contributed by atoms with van der Waals surface area (Å²) in [6.07, 6.45) is 4.63. The number of para-hydroxylation sites is 5. The average Bonchev–Trinajstić information content (AvgIpc) is 3.84. The maximum absolute atomic E-state index is 2.57. The average molecular weight is 658 g/mol. The Hall–Kier alpha value is -6.65. The van der Waals surface area contributed by atoms with E-state index in [-0.39, 0.29) is 13.7 Å². The van der Waals surface area contributed by atoms with Crippen LogP contribution in [0, 0.1) is 0 Å². The molecule has 9 aromatic rings. The van der Waals surface area contributed by atoms with Crippen LogP contribution in [0.25, 0.3) is 44.1 Å². The van der Waals surface area contributed by atoms with Gasteiger partial charge in [-0.25, -0.2) is 0 Å². The minimum atomic E-state index is -0.00345. The lowest BCUT2D eigenvalue weighted by molar-refractivity contribution is 1.19. The third-order valence-electron chi connectivity index (χ3n) is 12.1. The van der Waals surface area contributed by atoms with Gasteiger partial charge < -0.3 is 18.8 Å². The van der Waals surface area contributed by atoms with E-state index in [4.69, 9.17) is 0 Å². The number of rotatable bonds is 2. The van der Waals surface area contributed by atoms with E-state index in [9.17, 15) is 0 Å². The number of benzene rings is 7. The van der Waals surface area contributed by atoms with Gasteiger partial charge in [-0.3, -0.25) is 0 Å². The Balaban J connectivity index is 1.27. The Morgan fingerprint density at radius 3 is 1.60 bits per heavy atom. The first kappa shape index (κ1) is 27.1. The summed E-state index contributed by atoms with van der Waals surface area (Å²) >= 11 is 0. The van der Waals surface area contributed by atoms with E-state index >= 15 is 0 Å². The zero-order chi connectivity index (χ0) is 33.7. The van der Waals surface area contributed by atoms with E-state index < -0.39 is 0 Å². The van der Waals surface area contributed by atoms with Gasteiger partial charge >= 0.3 is 13.7 Å². The highest BCUT2D eigenvalue weighted by Gasteiger charge is 2.49. The first-order valence-electron chi connectivity index (χ1n) is 18.2. The standard InChI is InChI=1S/C46H28B2N4/c1-3-14-31(15-4-1)51-39-22-8-7-21-37(39)47-42-36(35-20-10-13-30-24-26-49(47)44(30)35)28-38-45(46(42)51)52(32-16-5-2-6-17-32)40-23-11-18-33-34-19-9-12-29-25-27-50(43(29)34)48(38)41(33)40/h1-28H. The molecule has 0 spiro atoms. The number of hydrogen-bond donors (Lipinski definition) is 0. The smallest absolute Gasteiger partial charge is 0.332 e. The molecule has 0 saturated carbocycles. The molecule has 0 amide bonds. The van der Waals surface area contributed by atoms with Crippen molar-refractivity contribution in [2.75, 3.05) is 9.80 Å². The minimum absolute atomic E-state index is 0.00345. The zero-order valence-electron chi connectivity index (χ0n) is 28.1. The Morgan fingerprint density at radius 2 is 0.904 bits per heavy atom. The highest BCUT2D eigenvalue weighted by molar-refractivity contribution is 6.92. The van der Waals surface area contributed by atoms with Gasteiger partial charge in [-0.1, -0.05) is 109 Å². The van der Waals surface area contributed by atoms with Gasteiger partial charge in [0.05, 0.1) is 11.4 Å². The van der Waals surface area contributed by atoms with Crippen LogP contribution in [0.3, 0.4) is 0 Å². The molecule has 2 aromatic heterocycles. The molecule has 0 unspecified atom stereocenters. The van der Waals surface area contributed by atoms with Crippen LogP contribution < -0.4 is 31.7 Å². The molecular formula is C46H28B2N4. The third kappa shape index (κ3) is 3.18. The van der Waals surface area contributed by atoms with Crippen LogP contribution in [-0.4, -0.2) is 22.7 Å². The summed E-state index contributed by atoms with van der Waals surface area (Å²) in [5.41, 5.74) is 20.5. The van der Waals surface area contributed by atoms with Crippen LogP contribution in [0.1, 0.15) is 0 Å². The van der Waals surface area contributed by atoms with Crippen LogP contribution in [0.2, 0.25) is 0 Å². The molecule has 4 nitrogen and oxygen atoms in total. The fraction of sp³-hybridized carbons (Fsp3) is 0. The quantitative estimate of drug-likeness (QED) is 0.174. The molecule has 4 aliphatic rings. The largest absolute Gasteiger partial charge is 0.382 e. The first-order chi connectivity index (χ1) is 25.8. The van der Waals surface area contributed by atoms with Crippen molar-refractivity contribution in [3.8, 4) is 22.3 Å². The maximum atomic E-state index is 2.57. The van der Waals surface area contributed by atoms with Crippen LogP contribution >= 0.6 is 0 Å². The lowest BCUT2D eigenvalue weighted by atomic mass is 9.41. The molecule has 4 aliphatic heterocycles. The number of aromatic nitrogens is 2. The third-order valence-corrected chi connectivity index (χ3v) is 12.1. The van der Waals surface area contributed by atoms with Crippen molar-refractivity contribution in [2.24, 2.45) is 0 Å². The SMILES string of the molecule is c1ccc(N2c3cccc4c3B(c3cc5c6c(c32)N(c2ccccc2)c2ccccc2B6n2ccc3cccc-5c32)n2ccc3cccc-4c32)cc1. The number of nitrogens with zero attached hydrogens (tertiary/aromatic N) is 4. The van der Waals surface area contributed by atoms with Crippen molar-refractivity contribution >= 4 is 91.5 Å². The second-order valence-electron chi connectivity index (χ2n) is 14.5. The predicted molar refractivity (Wildman–Crippen MR) is 219 cm³/mol. The number of fused-ring (bicyclic) bond motifs is 9. The maximum Gasteiger partial charge on any atom is 0.332 e. The summed E-state index contributed by atoms with van der Waals surface area (Å²) < 4.78 is 5.10. The lowest BCUT2D eigenvalue weighted by Crippen LogP contribution is -2.61. The molecule has 0 N–H and O–H groups in total. The molecule has 0 aliphatic carbocycles. The second kappa shape index (κ2) is 9.56. The Kier molecular flexibility index (Phi) is 4.99. The van der Waals surface area contributed by atoms with Crippen LogP contribution in [0.5, 0.6) is 0 Å². The second-order valence-corrected chi connectivity index (χ2v) is 14.5. The topological polar surface area (TPSA) is 16.3 Å². The predicted octanol–water partition coefficient (Wildman–Crippen LogP) is 8.43. The molecule has 0 bridgehead atoms. The van der Waals surface area contributed by atoms with E-state index in [0.29, 0.717) is 0 Å². The summed E-state index contributed by atoms with van der Waals surface area (Å²) in [5.74, 6) is 0. The van der Waals surface area contributed by atoms with Crippen molar-refractivity contribution in [1.29, 1.82) is 0 Å². The lowest BCUT2D eigenvalue weighted by Gasteiger charge is -2.47. The molecule has 238 valence electrons. The number of anilines is 6. The fourth-order valence-electron chi connectivity index (χ4n) is 10.2. The molecule has 52 heavy (non-hydrogen) atoms. The van der Waals surface area contributed by atoms with Gasteiger partial charge in [-0.15, -0.1) is 0 Å². The van der Waals surface area contributed by atoms with Crippen molar-refractivity contribution in [1.82, 2.24) is 8.96 Å². The Morgan fingerprint density at radius 1 is 0.365 bits per heavy atom. The highest BCUT2D eigenvalue weighted by Crippen LogP contribution is 2.51. The molecule has 0 saturated heterocycles. The fourth-order valence-corrected chi connectivity index (χ4v) is 10.2. The summed E-state index contributed by atoms with van der Waals surface area (Å²) in [4.78, 5) is 5.13. The number of hydrogen-bond acceptors (Lipinski definition) is 2. The molecule has 6 heteroatoms. The Bertz CT molecular complexity index is 3000. The summed E-state index contributed by atoms with van der Waals surface area (Å²) in [6, 6.07) is 58.8. The molecule has 6 heterocycles. The zero-order valence-corrected chi connectivity index (χ0v) is 28.1. The van der Waals surface area contributed by atoms with Gasteiger partial charge in [0.25, 0.3) is 0 Å². The van der Waals surface area contributed by atoms with Gasteiger partial charge in [0.1, 0.15) is 0 Å². The van der Waals surface area contributed by atoms with Gasteiger partial charge in [-0.05, 0) is 105 Å². The molecular weight excluding hydrogens is 630 g/mol. The van der Waals surface area contributed by atoms with Crippen molar-refractivity contribution in [3.05, 3.63) is 170 Å². The van der Waals surface area contributed by atoms with E-state index in [2.05, 4.69) is 189 Å². The summed E-state index contributed by atoms with van der Waals surface area (Å²) in [6.45, 7) is 0.0193. The molecule has 7 aromatic carbocycles. The van der Waals surface area contributed by atoms with Gasteiger partial charge in [0.2, 0.25) is 0 Å². The van der Waals surface area contributed by atoms with Crippen LogP contribution in [0.4, 0.5) is 34.1 Å². The van der Waals surface area contributed by atoms with Gasteiger partial charge in [0, 0.05) is 44.9 Å². The van der Waals surface area contributed by atoms with Crippen molar-refractivity contribution in [3.63, 3.8) is 0 Å². The van der Waals surface area contributed by atoms with Crippen LogP contribution in [-0.2, 0) is 0 Å². The molecule has 13 rings (SSSR count). The van der Waals surface area contributed by atoms with Crippen LogP contribution in [0.15, 0.2) is 170 Å². The van der Waals surface area contributed by atoms with Crippen molar-refractivity contribution in [2.45, 2.75) is 0 Å². The summed E-state index contributed by atoms with van der Waals surface area (Å²) in [7, 11) is 0. The van der Waals surface area contributed by atoms with E-state index in [1.54, 1.807) is 0 Å². The van der Waals surface area contributed by atoms with E-state index in [1.165, 1.54) is 88.7 Å². The Labute approximate surface area is 301 Å².